The lowest BCUT2D eigenvalue weighted by Gasteiger charge is -1.95. The lowest BCUT2D eigenvalue weighted by molar-refractivity contribution is 0.282. The van der Waals surface area contributed by atoms with Gasteiger partial charge in [0.2, 0.25) is 11.8 Å². The third-order valence-electron chi connectivity index (χ3n) is 2.18. The first kappa shape index (κ1) is 11.8. The highest BCUT2D eigenvalue weighted by Crippen LogP contribution is 2.10. The minimum Gasteiger partial charge on any atom is -0.420 e. The molecule has 5 heteroatoms. The predicted molar refractivity (Wildman–Crippen MR) is 65.1 cm³/mol. The van der Waals surface area contributed by atoms with Gasteiger partial charge in [-0.25, -0.2) is 0 Å². The number of aliphatic hydroxyl groups is 1. The Morgan fingerprint density at radius 3 is 2.53 bits per heavy atom. The van der Waals surface area contributed by atoms with Crippen LogP contribution in [0, 0.1) is 0 Å². The molecule has 0 aliphatic carbocycles. The largest absolute Gasteiger partial charge is 0.420 e. The summed E-state index contributed by atoms with van der Waals surface area (Å²) in [7, 11) is 0. The van der Waals surface area contributed by atoms with E-state index in [0.717, 1.165) is 11.1 Å². The molecule has 0 saturated carbocycles. The van der Waals surface area contributed by atoms with E-state index >= 15 is 0 Å². The van der Waals surface area contributed by atoms with E-state index in [4.69, 9.17) is 21.1 Å². The number of hydrogen-bond donors (Lipinski definition) is 1. The van der Waals surface area contributed by atoms with Crippen molar-refractivity contribution in [3.63, 3.8) is 0 Å². The maximum absolute atomic E-state index is 8.90. The number of aromatic nitrogens is 2. The van der Waals surface area contributed by atoms with Gasteiger partial charge in [0.15, 0.2) is 0 Å². The number of aliphatic hydroxyl groups excluding tert-OH is 1. The molecule has 1 aromatic heterocycles. The van der Waals surface area contributed by atoms with Crippen LogP contribution in [0.15, 0.2) is 28.7 Å². The molecule has 2 aromatic rings. The van der Waals surface area contributed by atoms with Crippen LogP contribution in [0.5, 0.6) is 0 Å². The lowest BCUT2D eigenvalue weighted by Crippen LogP contribution is -1.81. The fraction of sp³-hybridized carbons (Fsp3) is 0.167. The third kappa shape index (κ3) is 3.15. The molecule has 0 aliphatic rings. The van der Waals surface area contributed by atoms with Gasteiger partial charge in [-0.15, -0.1) is 21.8 Å². The molecule has 2 rings (SSSR count). The van der Waals surface area contributed by atoms with E-state index in [1.807, 2.05) is 30.3 Å². The highest BCUT2D eigenvalue weighted by Gasteiger charge is 2.00. The van der Waals surface area contributed by atoms with Gasteiger partial charge in [-0.05, 0) is 17.2 Å². The molecule has 88 valence electrons. The second-order valence-electron chi connectivity index (χ2n) is 3.40. The second kappa shape index (κ2) is 5.61. The Balaban J connectivity index is 2.08. The smallest absolute Gasteiger partial charge is 0.240 e. The summed E-state index contributed by atoms with van der Waals surface area (Å²) >= 11 is 5.55. The van der Waals surface area contributed by atoms with E-state index in [2.05, 4.69) is 10.2 Å². The standard InChI is InChI=1S/C12H11ClN2O2/c13-7-12-15-14-11(17-12)6-5-9-1-3-10(8-16)4-2-9/h1-6,16H,7-8H2. The van der Waals surface area contributed by atoms with Crippen LogP contribution in [0.1, 0.15) is 22.9 Å². The molecule has 0 radical (unpaired) electrons. The topological polar surface area (TPSA) is 59.2 Å². The maximum atomic E-state index is 8.90. The van der Waals surface area contributed by atoms with Gasteiger partial charge < -0.3 is 9.52 Å². The number of benzene rings is 1. The summed E-state index contributed by atoms with van der Waals surface area (Å²) < 4.78 is 5.22. The van der Waals surface area contributed by atoms with Crippen molar-refractivity contribution >= 4 is 23.8 Å². The van der Waals surface area contributed by atoms with Crippen LogP contribution in [-0.2, 0) is 12.5 Å². The summed E-state index contributed by atoms with van der Waals surface area (Å²) in [5, 5.41) is 16.5. The fourth-order valence-corrected chi connectivity index (χ4v) is 1.40. The predicted octanol–water partition coefficient (Wildman–Crippen LogP) is 2.47. The van der Waals surface area contributed by atoms with Gasteiger partial charge in [-0.3, -0.25) is 0 Å². The summed E-state index contributed by atoms with van der Waals surface area (Å²) in [6, 6.07) is 7.52. The third-order valence-corrected chi connectivity index (χ3v) is 2.41. The van der Waals surface area contributed by atoms with Gasteiger partial charge in [-0.2, -0.15) is 0 Å². The molecular formula is C12H11ClN2O2. The van der Waals surface area contributed by atoms with E-state index < -0.39 is 0 Å². The van der Waals surface area contributed by atoms with Gasteiger partial charge in [0.25, 0.3) is 0 Å². The van der Waals surface area contributed by atoms with Gasteiger partial charge >= 0.3 is 0 Å². The first-order chi connectivity index (χ1) is 8.31. The van der Waals surface area contributed by atoms with Crippen LogP contribution in [0.3, 0.4) is 0 Å². The Bertz CT molecular complexity index is 505. The van der Waals surface area contributed by atoms with Crippen molar-refractivity contribution in [3.05, 3.63) is 47.2 Å². The summed E-state index contributed by atoms with van der Waals surface area (Å²) in [4.78, 5) is 0. The summed E-state index contributed by atoms with van der Waals surface area (Å²) in [6.07, 6.45) is 3.57. The van der Waals surface area contributed by atoms with Crippen LogP contribution in [-0.4, -0.2) is 15.3 Å². The number of hydrogen-bond acceptors (Lipinski definition) is 4. The number of halogens is 1. The molecule has 0 amide bonds. The Morgan fingerprint density at radius 1 is 1.18 bits per heavy atom. The van der Waals surface area contributed by atoms with Crippen molar-refractivity contribution in [2.75, 3.05) is 0 Å². The molecule has 0 aliphatic heterocycles. The van der Waals surface area contributed by atoms with Crippen LogP contribution in [0.4, 0.5) is 0 Å². The molecule has 0 fully saturated rings. The Hall–Kier alpha value is -1.65. The number of nitrogens with zero attached hydrogens (tertiary/aromatic N) is 2. The summed E-state index contributed by atoms with van der Waals surface area (Å²) in [6.45, 7) is 0.0483. The first-order valence-corrected chi connectivity index (χ1v) is 5.61. The Kier molecular flexibility index (Phi) is 3.90. The SMILES string of the molecule is OCc1ccc(C=Cc2nnc(CCl)o2)cc1. The highest BCUT2D eigenvalue weighted by atomic mass is 35.5. The molecular weight excluding hydrogens is 240 g/mol. The highest BCUT2D eigenvalue weighted by molar-refractivity contribution is 6.16. The van der Waals surface area contributed by atoms with Crippen LogP contribution < -0.4 is 0 Å². The van der Waals surface area contributed by atoms with E-state index in [0.29, 0.717) is 11.8 Å². The van der Waals surface area contributed by atoms with Crippen molar-refractivity contribution < 1.29 is 9.52 Å². The minimum absolute atomic E-state index is 0.0483. The molecule has 1 aromatic carbocycles. The molecule has 1 N–H and O–H groups in total. The van der Waals surface area contributed by atoms with Gasteiger partial charge in [-0.1, -0.05) is 24.3 Å². The Labute approximate surface area is 104 Å². The summed E-state index contributed by atoms with van der Waals surface area (Å²) in [5.74, 6) is 1.04. The average molecular weight is 251 g/mol. The fourth-order valence-electron chi connectivity index (χ4n) is 1.29. The van der Waals surface area contributed by atoms with Crippen LogP contribution in [0.25, 0.3) is 12.2 Å². The molecule has 0 unspecified atom stereocenters. The van der Waals surface area contributed by atoms with Crippen molar-refractivity contribution in [1.82, 2.24) is 10.2 Å². The molecule has 0 spiro atoms. The van der Waals surface area contributed by atoms with Gasteiger partial charge in [0.1, 0.15) is 5.88 Å². The zero-order valence-corrected chi connectivity index (χ0v) is 9.76. The van der Waals surface area contributed by atoms with E-state index in [1.54, 1.807) is 6.08 Å². The zero-order chi connectivity index (χ0) is 12.1. The van der Waals surface area contributed by atoms with Crippen molar-refractivity contribution in [2.24, 2.45) is 0 Å². The van der Waals surface area contributed by atoms with Gasteiger partial charge in [0.05, 0.1) is 6.61 Å². The Morgan fingerprint density at radius 2 is 1.94 bits per heavy atom. The number of rotatable bonds is 4. The molecule has 0 bridgehead atoms. The van der Waals surface area contributed by atoms with Crippen LogP contribution in [0.2, 0.25) is 0 Å². The molecule has 17 heavy (non-hydrogen) atoms. The maximum Gasteiger partial charge on any atom is 0.240 e. The minimum atomic E-state index is 0.0483. The lowest BCUT2D eigenvalue weighted by atomic mass is 10.1. The summed E-state index contributed by atoms with van der Waals surface area (Å²) in [5.41, 5.74) is 1.87. The van der Waals surface area contributed by atoms with E-state index in [-0.39, 0.29) is 12.5 Å². The molecule has 0 atom stereocenters. The first-order valence-electron chi connectivity index (χ1n) is 5.08. The molecule has 4 nitrogen and oxygen atoms in total. The second-order valence-corrected chi connectivity index (χ2v) is 3.67. The monoisotopic (exact) mass is 250 g/mol. The van der Waals surface area contributed by atoms with Crippen molar-refractivity contribution in [3.8, 4) is 0 Å². The normalized spacial score (nSPS) is 11.2. The van der Waals surface area contributed by atoms with E-state index in [9.17, 15) is 0 Å². The quantitative estimate of drug-likeness (QED) is 0.847. The molecule has 1 heterocycles. The zero-order valence-electron chi connectivity index (χ0n) is 9.01. The number of alkyl halides is 1. The average Bonchev–Trinajstić information content (AvgIpc) is 2.85. The van der Waals surface area contributed by atoms with Crippen LogP contribution >= 0.6 is 11.6 Å². The van der Waals surface area contributed by atoms with E-state index in [1.165, 1.54) is 0 Å². The van der Waals surface area contributed by atoms with Gasteiger partial charge in [0, 0.05) is 6.08 Å². The molecule has 0 saturated heterocycles. The van der Waals surface area contributed by atoms with Crippen molar-refractivity contribution in [1.29, 1.82) is 0 Å². The van der Waals surface area contributed by atoms with Crippen molar-refractivity contribution in [2.45, 2.75) is 12.5 Å².